The fourth-order valence-corrected chi connectivity index (χ4v) is 2.11. The van der Waals surface area contributed by atoms with Crippen molar-refractivity contribution in [2.75, 3.05) is 20.3 Å². The molecule has 0 aliphatic heterocycles. The summed E-state index contributed by atoms with van der Waals surface area (Å²) in [5.41, 5.74) is 4.68. The third-order valence-corrected chi connectivity index (χ3v) is 3.54. The molecule has 3 N–H and O–H groups in total. The molecule has 0 saturated carbocycles. The number of halogens is 2. The van der Waals surface area contributed by atoms with Crippen LogP contribution in [0.4, 0.5) is 8.78 Å². The average molecular weight is 308 g/mol. The lowest BCUT2D eigenvalue weighted by atomic mass is 10.0. The zero-order valence-corrected chi connectivity index (χ0v) is 12.4. The van der Waals surface area contributed by atoms with E-state index in [4.69, 9.17) is 10.5 Å². The minimum atomic E-state index is -2.13. The Morgan fingerprint density at radius 1 is 1.32 bits per heavy atom. The van der Waals surface area contributed by atoms with Gasteiger partial charge in [-0.15, -0.1) is 0 Å². The molecule has 0 aliphatic carbocycles. The van der Waals surface area contributed by atoms with Crippen molar-refractivity contribution >= 4 is 0 Å². The van der Waals surface area contributed by atoms with Gasteiger partial charge in [0, 0.05) is 12.1 Å². The number of pyridine rings is 1. The largest absolute Gasteiger partial charge is 0.494 e. The van der Waals surface area contributed by atoms with E-state index in [1.807, 2.05) is 0 Å². The van der Waals surface area contributed by atoms with Crippen LogP contribution in [0.5, 0.6) is 5.75 Å². The number of aromatic nitrogens is 1. The SMILES string of the molecule is COc1ccc(C(F)(CN)CO)nc1-c1ccc(F)c(C)c1. The highest BCUT2D eigenvalue weighted by Crippen LogP contribution is 2.32. The first-order chi connectivity index (χ1) is 10.4. The number of aliphatic hydroxyl groups is 1. The van der Waals surface area contributed by atoms with Gasteiger partial charge in [0.1, 0.15) is 17.3 Å². The normalized spacial score (nSPS) is 13.7. The Labute approximate surface area is 127 Å². The van der Waals surface area contributed by atoms with Gasteiger partial charge in [-0.05, 0) is 42.8 Å². The third-order valence-electron chi connectivity index (χ3n) is 3.54. The van der Waals surface area contributed by atoms with Gasteiger partial charge in [-0.25, -0.2) is 13.8 Å². The lowest BCUT2D eigenvalue weighted by Crippen LogP contribution is -2.35. The molecule has 0 spiro atoms. The van der Waals surface area contributed by atoms with Gasteiger partial charge in [0.25, 0.3) is 0 Å². The Balaban J connectivity index is 2.60. The van der Waals surface area contributed by atoms with Gasteiger partial charge in [0.05, 0.1) is 19.4 Å². The van der Waals surface area contributed by atoms with E-state index < -0.39 is 18.8 Å². The molecular weight excluding hydrogens is 290 g/mol. The van der Waals surface area contributed by atoms with Gasteiger partial charge >= 0.3 is 0 Å². The summed E-state index contributed by atoms with van der Waals surface area (Å²) in [5.74, 6) is 0.0862. The van der Waals surface area contributed by atoms with E-state index in [9.17, 15) is 13.9 Å². The molecule has 1 atom stereocenters. The third kappa shape index (κ3) is 2.93. The smallest absolute Gasteiger partial charge is 0.187 e. The fraction of sp³-hybridized carbons (Fsp3) is 0.312. The molecule has 0 amide bonds. The summed E-state index contributed by atoms with van der Waals surface area (Å²) in [6, 6.07) is 7.43. The second kappa shape index (κ2) is 6.37. The lowest BCUT2D eigenvalue weighted by Gasteiger charge is -2.21. The Morgan fingerprint density at radius 2 is 2.05 bits per heavy atom. The number of hydrogen-bond acceptors (Lipinski definition) is 4. The molecule has 1 aromatic heterocycles. The quantitative estimate of drug-likeness (QED) is 0.889. The fourth-order valence-electron chi connectivity index (χ4n) is 2.11. The average Bonchev–Trinajstić information content (AvgIpc) is 2.56. The van der Waals surface area contributed by atoms with Crippen molar-refractivity contribution in [1.29, 1.82) is 0 Å². The molecule has 0 fully saturated rings. The summed E-state index contributed by atoms with van der Waals surface area (Å²) in [6.07, 6.45) is 0. The van der Waals surface area contributed by atoms with Crippen molar-refractivity contribution in [1.82, 2.24) is 4.98 Å². The first-order valence-electron chi connectivity index (χ1n) is 6.77. The number of aliphatic hydroxyl groups excluding tert-OH is 1. The highest BCUT2D eigenvalue weighted by molar-refractivity contribution is 5.67. The first-order valence-corrected chi connectivity index (χ1v) is 6.77. The molecule has 22 heavy (non-hydrogen) atoms. The van der Waals surface area contributed by atoms with Crippen molar-refractivity contribution < 1.29 is 18.6 Å². The van der Waals surface area contributed by atoms with E-state index in [2.05, 4.69) is 4.98 Å². The lowest BCUT2D eigenvalue weighted by molar-refractivity contribution is 0.0728. The molecule has 0 radical (unpaired) electrons. The summed E-state index contributed by atoms with van der Waals surface area (Å²) < 4.78 is 33.2. The summed E-state index contributed by atoms with van der Waals surface area (Å²) >= 11 is 0. The highest BCUT2D eigenvalue weighted by Gasteiger charge is 2.32. The van der Waals surface area contributed by atoms with Crippen LogP contribution in [0.25, 0.3) is 11.3 Å². The number of nitrogens with zero attached hydrogens (tertiary/aromatic N) is 1. The number of ether oxygens (including phenoxy) is 1. The predicted octanol–water partition coefficient (Wildman–Crippen LogP) is 2.32. The Hall–Kier alpha value is -2.05. The van der Waals surface area contributed by atoms with Crippen LogP contribution in [0.2, 0.25) is 0 Å². The monoisotopic (exact) mass is 308 g/mol. The van der Waals surface area contributed by atoms with Crippen LogP contribution >= 0.6 is 0 Å². The van der Waals surface area contributed by atoms with Crippen LogP contribution in [0.3, 0.4) is 0 Å². The van der Waals surface area contributed by atoms with Crippen molar-refractivity contribution in [3.05, 3.63) is 47.4 Å². The van der Waals surface area contributed by atoms with E-state index in [-0.39, 0.29) is 11.5 Å². The van der Waals surface area contributed by atoms with E-state index >= 15 is 0 Å². The molecule has 6 heteroatoms. The van der Waals surface area contributed by atoms with Gasteiger partial charge < -0.3 is 15.6 Å². The molecule has 2 rings (SSSR count). The van der Waals surface area contributed by atoms with Crippen LogP contribution < -0.4 is 10.5 Å². The summed E-state index contributed by atoms with van der Waals surface area (Å²) in [6.45, 7) is 0.456. The molecule has 0 bridgehead atoms. The molecule has 1 aromatic carbocycles. The molecular formula is C16H18F2N2O2. The number of rotatable bonds is 5. The van der Waals surface area contributed by atoms with Gasteiger partial charge in [-0.2, -0.15) is 0 Å². The van der Waals surface area contributed by atoms with Gasteiger partial charge in [0.2, 0.25) is 0 Å². The first kappa shape index (κ1) is 16.3. The summed E-state index contributed by atoms with van der Waals surface area (Å²) in [5, 5.41) is 9.23. The van der Waals surface area contributed by atoms with Crippen LogP contribution in [0, 0.1) is 12.7 Å². The van der Waals surface area contributed by atoms with Crippen molar-refractivity contribution in [3.63, 3.8) is 0 Å². The van der Waals surface area contributed by atoms with Crippen molar-refractivity contribution in [3.8, 4) is 17.0 Å². The summed E-state index contributed by atoms with van der Waals surface area (Å²) in [4.78, 5) is 4.24. The van der Waals surface area contributed by atoms with Gasteiger partial charge in [-0.3, -0.25) is 0 Å². The molecule has 0 saturated heterocycles. The zero-order valence-electron chi connectivity index (χ0n) is 12.4. The highest BCUT2D eigenvalue weighted by atomic mass is 19.1. The number of nitrogens with two attached hydrogens (primary N) is 1. The molecule has 1 heterocycles. The maximum absolute atomic E-state index is 14.5. The maximum Gasteiger partial charge on any atom is 0.187 e. The maximum atomic E-state index is 14.5. The minimum Gasteiger partial charge on any atom is -0.494 e. The van der Waals surface area contributed by atoms with E-state index in [0.29, 0.717) is 22.6 Å². The van der Waals surface area contributed by atoms with E-state index in [1.165, 1.54) is 25.3 Å². The molecule has 2 aromatic rings. The number of benzene rings is 1. The Bertz CT molecular complexity index is 673. The minimum absolute atomic E-state index is 0.00952. The van der Waals surface area contributed by atoms with Gasteiger partial charge in [0.15, 0.2) is 5.67 Å². The predicted molar refractivity (Wildman–Crippen MR) is 79.8 cm³/mol. The molecule has 118 valence electrons. The second-order valence-electron chi connectivity index (χ2n) is 5.04. The molecule has 1 unspecified atom stereocenters. The van der Waals surface area contributed by atoms with Gasteiger partial charge in [-0.1, -0.05) is 0 Å². The zero-order chi connectivity index (χ0) is 16.3. The number of methoxy groups -OCH3 is 1. The van der Waals surface area contributed by atoms with Crippen LogP contribution in [0.1, 0.15) is 11.3 Å². The van der Waals surface area contributed by atoms with E-state index in [1.54, 1.807) is 19.1 Å². The van der Waals surface area contributed by atoms with Crippen molar-refractivity contribution in [2.45, 2.75) is 12.6 Å². The molecule has 0 aliphatic rings. The van der Waals surface area contributed by atoms with Crippen LogP contribution in [-0.2, 0) is 5.67 Å². The number of aryl methyl sites for hydroxylation is 1. The standard InChI is InChI=1S/C16H18F2N2O2/c1-10-7-11(3-4-12(10)17)15-13(22-2)5-6-14(20-15)16(18,8-19)9-21/h3-7,21H,8-9,19H2,1-2H3. The Kier molecular flexibility index (Phi) is 4.73. The Morgan fingerprint density at radius 3 is 2.59 bits per heavy atom. The number of hydrogen-bond donors (Lipinski definition) is 2. The molecule has 4 nitrogen and oxygen atoms in total. The van der Waals surface area contributed by atoms with Crippen LogP contribution in [0.15, 0.2) is 30.3 Å². The van der Waals surface area contributed by atoms with Crippen molar-refractivity contribution in [2.24, 2.45) is 5.73 Å². The van der Waals surface area contributed by atoms with E-state index in [0.717, 1.165) is 0 Å². The topological polar surface area (TPSA) is 68.4 Å². The van der Waals surface area contributed by atoms with Crippen LogP contribution in [-0.4, -0.2) is 30.4 Å². The number of alkyl halides is 1. The second-order valence-corrected chi connectivity index (χ2v) is 5.04. The summed E-state index contributed by atoms with van der Waals surface area (Å²) in [7, 11) is 1.47.